The molecule has 0 bridgehead atoms. The first-order valence-corrected chi connectivity index (χ1v) is 6.10. The summed E-state index contributed by atoms with van der Waals surface area (Å²) in [6.45, 7) is 1.77. The van der Waals surface area contributed by atoms with E-state index in [0.717, 1.165) is 27.9 Å². The van der Waals surface area contributed by atoms with Crippen LogP contribution < -0.4 is 4.74 Å². The van der Waals surface area contributed by atoms with Gasteiger partial charge in [-0.15, -0.1) is 0 Å². The molecular formula is C16H14FNO. The Hall–Kier alpha value is -2.29. The lowest BCUT2D eigenvalue weighted by Gasteiger charge is -2.00. The molecule has 3 rings (SSSR count). The second-order valence-electron chi connectivity index (χ2n) is 4.60. The summed E-state index contributed by atoms with van der Waals surface area (Å²) in [6, 6.07) is 13.0. The molecule has 96 valence electrons. The largest absolute Gasteiger partial charge is 0.497 e. The summed E-state index contributed by atoms with van der Waals surface area (Å²) in [5, 5.41) is 1.08. The van der Waals surface area contributed by atoms with Gasteiger partial charge in [-0.2, -0.15) is 0 Å². The van der Waals surface area contributed by atoms with Gasteiger partial charge in [-0.25, -0.2) is 4.39 Å². The number of hydrogen-bond donors (Lipinski definition) is 1. The molecule has 0 radical (unpaired) electrons. The van der Waals surface area contributed by atoms with Gasteiger partial charge in [0.05, 0.1) is 7.11 Å². The second-order valence-corrected chi connectivity index (χ2v) is 4.60. The molecule has 0 aliphatic rings. The van der Waals surface area contributed by atoms with Crippen molar-refractivity contribution in [3.63, 3.8) is 0 Å². The fourth-order valence-electron chi connectivity index (χ4n) is 2.21. The van der Waals surface area contributed by atoms with E-state index in [0.29, 0.717) is 5.56 Å². The lowest BCUT2D eigenvalue weighted by atomic mass is 10.1. The highest BCUT2D eigenvalue weighted by molar-refractivity contribution is 5.87. The molecule has 3 heteroatoms. The molecule has 2 aromatic carbocycles. The van der Waals surface area contributed by atoms with Crippen LogP contribution in [0.3, 0.4) is 0 Å². The zero-order chi connectivity index (χ0) is 13.4. The Morgan fingerprint density at radius 2 is 1.89 bits per heavy atom. The molecule has 0 saturated heterocycles. The molecule has 19 heavy (non-hydrogen) atoms. The van der Waals surface area contributed by atoms with Crippen LogP contribution in [0.4, 0.5) is 4.39 Å². The molecule has 3 aromatic rings. The quantitative estimate of drug-likeness (QED) is 0.726. The molecule has 0 fully saturated rings. The van der Waals surface area contributed by atoms with Gasteiger partial charge in [0.25, 0.3) is 0 Å². The van der Waals surface area contributed by atoms with Crippen LogP contribution in [-0.2, 0) is 0 Å². The van der Waals surface area contributed by atoms with E-state index in [1.54, 1.807) is 20.1 Å². The molecular weight excluding hydrogens is 241 g/mol. The van der Waals surface area contributed by atoms with E-state index in [1.165, 1.54) is 6.07 Å². The first kappa shape index (κ1) is 11.8. The average Bonchev–Trinajstić information content (AvgIpc) is 2.84. The zero-order valence-corrected chi connectivity index (χ0v) is 10.8. The van der Waals surface area contributed by atoms with Crippen molar-refractivity contribution in [3.05, 3.63) is 53.8 Å². The number of halogens is 1. The topological polar surface area (TPSA) is 25.0 Å². The number of hydrogen-bond acceptors (Lipinski definition) is 1. The number of rotatable bonds is 2. The van der Waals surface area contributed by atoms with Crippen LogP contribution >= 0.6 is 0 Å². The van der Waals surface area contributed by atoms with Crippen molar-refractivity contribution in [2.45, 2.75) is 6.92 Å². The van der Waals surface area contributed by atoms with Gasteiger partial charge in [0.2, 0.25) is 0 Å². The zero-order valence-electron chi connectivity index (χ0n) is 10.8. The van der Waals surface area contributed by atoms with Crippen molar-refractivity contribution in [1.29, 1.82) is 0 Å². The standard InChI is InChI=1S/C16H14FNO/c1-10-7-11(3-5-14(10)17)16-9-12-8-13(19-2)4-6-15(12)18-16/h3-9,18H,1-2H3. The van der Waals surface area contributed by atoms with E-state index >= 15 is 0 Å². The third kappa shape index (κ3) is 2.08. The molecule has 1 aromatic heterocycles. The number of fused-ring (bicyclic) bond motifs is 1. The Morgan fingerprint density at radius 1 is 1.05 bits per heavy atom. The summed E-state index contributed by atoms with van der Waals surface area (Å²) in [5.41, 5.74) is 3.65. The third-order valence-corrected chi connectivity index (χ3v) is 3.30. The van der Waals surface area contributed by atoms with Crippen LogP contribution in [0.5, 0.6) is 5.75 Å². The van der Waals surface area contributed by atoms with Gasteiger partial charge >= 0.3 is 0 Å². The molecule has 1 N–H and O–H groups in total. The van der Waals surface area contributed by atoms with Gasteiger partial charge in [-0.3, -0.25) is 0 Å². The van der Waals surface area contributed by atoms with Crippen LogP contribution in [0.15, 0.2) is 42.5 Å². The van der Waals surface area contributed by atoms with Gasteiger partial charge in [-0.1, -0.05) is 0 Å². The minimum absolute atomic E-state index is 0.179. The van der Waals surface area contributed by atoms with Crippen LogP contribution in [0.25, 0.3) is 22.2 Å². The number of ether oxygens (including phenoxy) is 1. The first-order chi connectivity index (χ1) is 9.17. The van der Waals surface area contributed by atoms with Crippen molar-refractivity contribution >= 4 is 10.9 Å². The van der Waals surface area contributed by atoms with Crippen molar-refractivity contribution in [1.82, 2.24) is 4.98 Å². The normalized spacial score (nSPS) is 10.9. The predicted octanol–water partition coefficient (Wildman–Crippen LogP) is 4.29. The maximum Gasteiger partial charge on any atom is 0.126 e. The highest BCUT2D eigenvalue weighted by atomic mass is 19.1. The number of benzene rings is 2. The smallest absolute Gasteiger partial charge is 0.126 e. The summed E-state index contributed by atoms with van der Waals surface area (Å²) >= 11 is 0. The Labute approximate surface area is 110 Å². The average molecular weight is 255 g/mol. The fourth-order valence-corrected chi connectivity index (χ4v) is 2.21. The van der Waals surface area contributed by atoms with E-state index in [1.807, 2.05) is 30.3 Å². The van der Waals surface area contributed by atoms with Crippen molar-refractivity contribution in [2.24, 2.45) is 0 Å². The summed E-state index contributed by atoms with van der Waals surface area (Å²) in [7, 11) is 1.65. The summed E-state index contributed by atoms with van der Waals surface area (Å²) in [6.07, 6.45) is 0. The van der Waals surface area contributed by atoms with Crippen LogP contribution in [0, 0.1) is 12.7 Å². The Kier molecular flexibility index (Phi) is 2.75. The molecule has 0 spiro atoms. The Bertz CT molecular complexity index is 746. The minimum atomic E-state index is -0.179. The van der Waals surface area contributed by atoms with Gasteiger partial charge < -0.3 is 9.72 Å². The summed E-state index contributed by atoms with van der Waals surface area (Å²) in [5.74, 6) is 0.648. The lowest BCUT2D eigenvalue weighted by Crippen LogP contribution is -1.84. The highest BCUT2D eigenvalue weighted by Crippen LogP contribution is 2.27. The number of aromatic nitrogens is 1. The second kappa shape index (κ2) is 4.43. The minimum Gasteiger partial charge on any atom is -0.497 e. The molecule has 0 atom stereocenters. The van der Waals surface area contributed by atoms with E-state index < -0.39 is 0 Å². The maximum absolute atomic E-state index is 13.3. The van der Waals surface area contributed by atoms with Gasteiger partial charge in [-0.05, 0) is 60.5 Å². The number of nitrogens with one attached hydrogen (secondary N) is 1. The summed E-state index contributed by atoms with van der Waals surface area (Å²) in [4.78, 5) is 3.33. The third-order valence-electron chi connectivity index (χ3n) is 3.30. The Morgan fingerprint density at radius 3 is 2.63 bits per heavy atom. The molecule has 0 amide bonds. The van der Waals surface area contributed by atoms with E-state index in [2.05, 4.69) is 4.98 Å². The molecule has 0 aliphatic carbocycles. The van der Waals surface area contributed by atoms with E-state index in [4.69, 9.17) is 4.74 Å². The van der Waals surface area contributed by atoms with Gasteiger partial charge in [0.1, 0.15) is 11.6 Å². The molecule has 0 saturated carbocycles. The molecule has 0 unspecified atom stereocenters. The number of methoxy groups -OCH3 is 1. The van der Waals surface area contributed by atoms with Gasteiger partial charge in [0, 0.05) is 16.6 Å². The highest BCUT2D eigenvalue weighted by Gasteiger charge is 2.06. The maximum atomic E-state index is 13.3. The van der Waals surface area contributed by atoms with Crippen LogP contribution in [-0.4, -0.2) is 12.1 Å². The monoisotopic (exact) mass is 255 g/mol. The number of aromatic amines is 1. The first-order valence-electron chi connectivity index (χ1n) is 6.10. The summed E-state index contributed by atoms with van der Waals surface area (Å²) < 4.78 is 18.5. The van der Waals surface area contributed by atoms with Crippen LogP contribution in [0.2, 0.25) is 0 Å². The SMILES string of the molecule is COc1ccc2[nH]c(-c3ccc(F)c(C)c3)cc2c1. The van der Waals surface area contributed by atoms with E-state index in [-0.39, 0.29) is 5.82 Å². The van der Waals surface area contributed by atoms with Crippen LogP contribution in [0.1, 0.15) is 5.56 Å². The van der Waals surface area contributed by atoms with Crippen molar-refractivity contribution in [2.75, 3.05) is 7.11 Å². The fraction of sp³-hybridized carbons (Fsp3) is 0.125. The number of H-pyrrole nitrogens is 1. The molecule has 0 aliphatic heterocycles. The van der Waals surface area contributed by atoms with Crippen molar-refractivity contribution < 1.29 is 9.13 Å². The molecule has 2 nitrogen and oxygen atoms in total. The van der Waals surface area contributed by atoms with Crippen molar-refractivity contribution in [3.8, 4) is 17.0 Å². The Balaban J connectivity index is 2.11. The van der Waals surface area contributed by atoms with E-state index in [9.17, 15) is 4.39 Å². The predicted molar refractivity (Wildman–Crippen MR) is 75.0 cm³/mol. The number of aryl methyl sites for hydroxylation is 1. The molecule has 1 heterocycles. The lowest BCUT2D eigenvalue weighted by molar-refractivity contribution is 0.415. The van der Waals surface area contributed by atoms with Gasteiger partial charge in [0.15, 0.2) is 0 Å².